The zero-order valence-electron chi connectivity index (χ0n) is 14.5. The fourth-order valence-corrected chi connectivity index (χ4v) is 3.10. The van der Waals surface area contributed by atoms with Gasteiger partial charge in [-0.25, -0.2) is 14.5 Å². The third kappa shape index (κ3) is 3.48. The van der Waals surface area contributed by atoms with Crippen LogP contribution in [0.25, 0.3) is 0 Å². The van der Waals surface area contributed by atoms with Crippen molar-refractivity contribution in [2.45, 2.75) is 18.7 Å². The maximum absolute atomic E-state index is 12.8. The molecule has 2 heterocycles. The molecule has 2 saturated heterocycles. The van der Waals surface area contributed by atoms with Gasteiger partial charge in [0.05, 0.1) is 6.54 Å². The van der Waals surface area contributed by atoms with E-state index < -0.39 is 30.2 Å². The third-order valence-electron chi connectivity index (χ3n) is 4.63. The van der Waals surface area contributed by atoms with Crippen LogP contribution in [0.1, 0.15) is 17.2 Å². The summed E-state index contributed by atoms with van der Waals surface area (Å²) in [5, 5.41) is 0. The molecule has 0 bridgehead atoms. The van der Waals surface area contributed by atoms with Crippen LogP contribution in [-0.4, -0.2) is 47.1 Å². The molecule has 2 atom stereocenters. The van der Waals surface area contributed by atoms with Crippen LogP contribution < -0.4 is 0 Å². The van der Waals surface area contributed by atoms with Gasteiger partial charge >= 0.3 is 12.2 Å². The number of nitrogens with zero attached hydrogens (tertiary/aromatic N) is 2. The van der Waals surface area contributed by atoms with Crippen molar-refractivity contribution in [1.29, 1.82) is 0 Å². The molecule has 4 rings (SSSR count). The normalized spacial score (nSPS) is 21.0. The summed E-state index contributed by atoms with van der Waals surface area (Å²) in [5.74, 6) is -0.442. The highest BCUT2D eigenvalue weighted by Gasteiger charge is 2.52. The Morgan fingerprint density at radius 3 is 2.41 bits per heavy atom. The number of carbonyl (C=O) groups excluding carboxylic acids is 3. The summed E-state index contributed by atoms with van der Waals surface area (Å²) >= 11 is 0. The summed E-state index contributed by atoms with van der Waals surface area (Å²) in [5.41, 5.74) is 1.68. The molecule has 0 saturated carbocycles. The molecule has 1 unspecified atom stereocenters. The first-order valence-electron chi connectivity index (χ1n) is 8.67. The largest absolute Gasteiger partial charge is 0.446 e. The van der Waals surface area contributed by atoms with Gasteiger partial charge in [0.25, 0.3) is 5.91 Å². The van der Waals surface area contributed by atoms with Crippen molar-refractivity contribution in [2.24, 2.45) is 0 Å². The number of hydrogen-bond acceptors (Lipinski definition) is 5. The molecule has 2 aromatic carbocycles. The van der Waals surface area contributed by atoms with E-state index in [1.54, 1.807) is 0 Å². The predicted octanol–water partition coefficient (Wildman–Crippen LogP) is 2.73. The molecule has 7 heteroatoms. The predicted molar refractivity (Wildman–Crippen MR) is 94.5 cm³/mol. The average Bonchev–Trinajstić information content (AvgIpc) is 3.42. The van der Waals surface area contributed by atoms with Crippen molar-refractivity contribution in [3.8, 4) is 0 Å². The number of amides is 3. The van der Waals surface area contributed by atoms with Crippen molar-refractivity contribution < 1.29 is 23.9 Å². The SMILES string of the molecule is O=C(OCc1ccccc1)N1CC1C(=O)N1C(=O)OC[C@@H]1c1ccccc1. The van der Waals surface area contributed by atoms with Gasteiger partial charge in [-0.05, 0) is 11.1 Å². The molecule has 7 nitrogen and oxygen atoms in total. The van der Waals surface area contributed by atoms with Gasteiger partial charge in [-0.15, -0.1) is 0 Å². The number of benzene rings is 2. The van der Waals surface area contributed by atoms with E-state index in [4.69, 9.17) is 9.47 Å². The Kier molecular flexibility index (Phi) is 4.50. The van der Waals surface area contributed by atoms with E-state index in [2.05, 4.69) is 0 Å². The molecular formula is C20H18N2O5. The summed E-state index contributed by atoms with van der Waals surface area (Å²) in [6, 6.07) is 17.3. The van der Waals surface area contributed by atoms with Crippen molar-refractivity contribution in [3.05, 3.63) is 71.8 Å². The molecule has 2 fully saturated rings. The lowest BCUT2D eigenvalue weighted by Gasteiger charge is -2.19. The standard InChI is InChI=1S/C20H18N2O5/c23-18(22-17(13-27-20(22)25)15-9-5-2-6-10-15)16-11-21(16)19(24)26-12-14-7-3-1-4-8-14/h1-10,16-17H,11-13H2/t16?,17-,21?/m1/s1. The van der Waals surface area contributed by atoms with Gasteiger partial charge in [-0.1, -0.05) is 60.7 Å². The molecule has 0 radical (unpaired) electrons. The maximum Gasteiger partial charge on any atom is 0.417 e. The van der Waals surface area contributed by atoms with Crippen LogP contribution in [0.4, 0.5) is 9.59 Å². The highest BCUT2D eigenvalue weighted by molar-refractivity contribution is 6.00. The number of hydrogen-bond donors (Lipinski definition) is 0. The van der Waals surface area contributed by atoms with Crippen molar-refractivity contribution in [2.75, 3.05) is 13.2 Å². The number of rotatable bonds is 4. The van der Waals surface area contributed by atoms with E-state index in [1.807, 2.05) is 60.7 Å². The molecule has 0 spiro atoms. The van der Waals surface area contributed by atoms with E-state index in [1.165, 1.54) is 4.90 Å². The van der Waals surface area contributed by atoms with Crippen molar-refractivity contribution in [1.82, 2.24) is 9.80 Å². The first kappa shape index (κ1) is 17.1. The molecule has 27 heavy (non-hydrogen) atoms. The van der Waals surface area contributed by atoms with Crippen LogP contribution in [0.2, 0.25) is 0 Å². The summed E-state index contributed by atoms with van der Waals surface area (Å²) in [6.45, 7) is 0.479. The second-order valence-electron chi connectivity index (χ2n) is 6.42. The van der Waals surface area contributed by atoms with E-state index in [-0.39, 0.29) is 19.8 Å². The second kappa shape index (κ2) is 7.11. The molecular weight excluding hydrogens is 348 g/mol. The Hall–Kier alpha value is -3.35. The quantitative estimate of drug-likeness (QED) is 0.778. The molecule has 0 aliphatic carbocycles. The molecule has 2 aromatic rings. The van der Waals surface area contributed by atoms with Gasteiger partial charge in [0.1, 0.15) is 25.3 Å². The summed E-state index contributed by atoms with van der Waals surface area (Å²) in [6.07, 6.45) is -1.25. The van der Waals surface area contributed by atoms with Gasteiger partial charge in [0.15, 0.2) is 0 Å². The Labute approximate surface area is 156 Å². The van der Waals surface area contributed by atoms with Crippen LogP contribution in [0.3, 0.4) is 0 Å². The monoisotopic (exact) mass is 366 g/mol. The van der Waals surface area contributed by atoms with Crippen LogP contribution in [0.15, 0.2) is 60.7 Å². The Balaban J connectivity index is 1.38. The van der Waals surface area contributed by atoms with Crippen LogP contribution in [0.5, 0.6) is 0 Å². The van der Waals surface area contributed by atoms with E-state index in [0.29, 0.717) is 0 Å². The minimum atomic E-state index is -0.690. The Morgan fingerprint density at radius 2 is 1.70 bits per heavy atom. The average molecular weight is 366 g/mol. The van der Waals surface area contributed by atoms with Gasteiger partial charge in [-0.3, -0.25) is 9.69 Å². The Morgan fingerprint density at radius 1 is 1.04 bits per heavy atom. The number of ether oxygens (including phenoxy) is 2. The lowest BCUT2D eigenvalue weighted by molar-refractivity contribution is -0.129. The van der Waals surface area contributed by atoms with Gasteiger partial charge in [0, 0.05) is 0 Å². The molecule has 2 aliphatic heterocycles. The maximum atomic E-state index is 12.8. The van der Waals surface area contributed by atoms with Crippen molar-refractivity contribution >= 4 is 18.1 Å². The lowest BCUT2D eigenvalue weighted by Crippen LogP contribution is -2.39. The fraction of sp³-hybridized carbons (Fsp3) is 0.250. The van der Waals surface area contributed by atoms with Gasteiger partial charge in [0.2, 0.25) is 0 Å². The number of cyclic esters (lactones) is 1. The van der Waals surface area contributed by atoms with Crippen LogP contribution in [0, 0.1) is 0 Å². The third-order valence-corrected chi connectivity index (χ3v) is 4.63. The summed E-state index contributed by atoms with van der Waals surface area (Å²) in [7, 11) is 0. The Bertz CT molecular complexity index is 855. The molecule has 3 amide bonds. The molecule has 2 aliphatic rings. The summed E-state index contributed by atoms with van der Waals surface area (Å²) < 4.78 is 10.3. The molecule has 138 valence electrons. The first-order chi connectivity index (χ1) is 13.1. The molecule has 0 N–H and O–H groups in total. The highest BCUT2D eigenvalue weighted by Crippen LogP contribution is 2.32. The topological polar surface area (TPSA) is 75.9 Å². The van der Waals surface area contributed by atoms with Crippen LogP contribution >= 0.6 is 0 Å². The fourth-order valence-electron chi connectivity index (χ4n) is 3.10. The number of imide groups is 1. The van der Waals surface area contributed by atoms with E-state index in [9.17, 15) is 14.4 Å². The van der Waals surface area contributed by atoms with E-state index >= 15 is 0 Å². The summed E-state index contributed by atoms with van der Waals surface area (Å²) in [4.78, 5) is 39.4. The minimum Gasteiger partial charge on any atom is -0.446 e. The zero-order chi connectivity index (χ0) is 18.8. The zero-order valence-corrected chi connectivity index (χ0v) is 14.5. The first-order valence-corrected chi connectivity index (χ1v) is 8.67. The number of carbonyl (C=O) groups is 3. The highest BCUT2D eigenvalue weighted by atomic mass is 16.6. The minimum absolute atomic E-state index is 0.111. The van der Waals surface area contributed by atoms with E-state index in [0.717, 1.165) is 16.0 Å². The second-order valence-corrected chi connectivity index (χ2v) is 6.42. The van der Waals surface area contributed by atoms with Gasteiger partial charge in [-0.2, -0.15) is 0 Å². The lowest BCUT2D eigenvalue weighted by atomic mass is 10.1. The van der Waals surface area contributed by atoms with Crippen molar-refractivity contribution in [3.63, 3.8) is 0 Å². The van der Waals surface area contributed by atoms with Gasteiger partial charge < -0.3 is 9.47 Å². The smallest absolute Gasteiger partial charge is 0.417 e. The molecule has 0 aromatic heterocycles. The van der Waals surface area contributed by atoms with Crippen LogP contribution in [-0.2, 0) is 20.9 Å².